The topological polar surface area (TPSA) is 24.8 Å². The summed E-state index contributed by atoms with van der Waals surface area (Å²) in [5.41, 5.74) is 2.26. The summed E-state index contributed by atoms with van der Waals surface area (Å²) >= 11 is 1.66. The summed E-state index contributed by atoms with van der Waals surface area (Å²) in [6, 6.07) is 2.01. The second-order valence-corrected chi connectivity index (χ2v) is 5.17. The van der Waals surface area contributed by atoms with Crippen LogP contribution in [0.5, 0.6) is 0 Å². The zero-order valence-electron chi connectivity index (χ0n) is 9.56. The van der Waals surface area contributed by atoms with Crippen LogP contribution < -0.4 is 0 Å². The monoisotopic (exact) mass is 246 g/mol. The van der Waals surface area contributed by atoms with E-state index < -0.39 is 0 Å². The second-order valence-electron chi connectivity index (χ2n) is 4.39. The molecule has 1 aromatic rings. The molecule has 4 heteroatoms. The minimum Gasteiger partial charge on any atom is -0.383 e. The zero-order valence-corrected chi connectivity index (χ0v) is 10.4. The molecule has 2 aliphatic rings. The van der Waals surface area contributed by atoms with Crippen molar-refractivity contribution in [2.75, 3.05) is 26.2 Å². The van der Waals surface area contributed by atoms with E-state index in [-0.39, 0.29) is 0 Å². The molecule has 3 heterocycles. The van der Waals surface area contributed by atoms with Crippen molar-refractivity contribution in [3.8, 4) is 11.8 Å². The van der Waals surface area contributed by atoms with Crippen LogP contribution in [0.25, 0.3) is 0 Å². The molecule has 17 heavy (non-hydrogen) atoms. The van der Waals surface area contributed by atoms with E-state index in [9.17, 15) is 0 Å². The standard InChI is InChI=1S/C13H14N2OS/c1(2-11-4-7-17-10-11)6-16-14-13-9-15-5-3-12(13)8-15/h4,7,10,12H,3,5-6,8-9H2/b14-13-. The van der Waals surface area contributed by atoms with Crippen molar-refractivity contribution >= 4 is 17.0 Å². The first-order valence-electron chi connectivity index (χ1n) is 5.84. The fraction of sp³-hybridized carbons (Fsp3) is 0.462. The lowest BCUT2D eigenvalue weighted by atomic mass is 10.0. The van der Waals surface area contributed by atoms with Gasteiger partial charge in [-0.25, -0.2) is 0 Å². The molecule has 2 aliphatic heterocycles. The number of hydrogen-bond donors (Lipinski definition) is 0. The van der Waals surface area contributed by atoms with E-state index in [1.807, 2.05) is 16.8 Å². The molecule has 3 nitrogen and oxygen atoms in total. The van der Waals surface area contributed by atoms with E-state index in [1.165, 1.54) is 25.2 Å². The largest absolute Gasteiger partial charge is 0.383 e. The number of hydrogen-bond acceptors (Lipinski definition) is 4. The maximum atomic E-state index is 5.26. The quantitative estimate of drug-likeness (QED) is 0.451. The molecule has 2 unspecified atom stereocenters. The highest BCUT2D eigenvalue weighted by atomic mass is 32.1. The van der Waals surface area contributed by atoms with E-state index in [0.717, 1.165) is 12.1 Å². The van der Waals surface area contributed by atoms with E-state index in [0.29, 0.717) is 12.5 Å². The van der Waals surface area contributed by atoms with Crippen molar-refractivity contribution in [1.29, 1.82) is 0 Å². The number of piperidine rings is 1. The van der Waals surface area contributed by atoms with Crippen LogP contribution in [0.4, 0.5) is 0 Å². The molecular weight excluding hydrogens is 232 g/mol. The fourth-order valence-corrected chi connectivity index (χ4v) is 2.92. The first kappa shape index (κ1) is 10.8. The third-order valence-electron chi connectivity index (χ3n) is 3.20. The number of rotatable bonds is 2. The molecule has 88 valence electrons. The summed E-state index contributed by atoms with van der Waals surface area (Å²) in [6.07, 6.45) is 1.24. The van der Waals surface area contributed by atoms with Crippen LogP contribution in [0.2, 0.25) is 0 Å². The summed E-state index contributed by atoms with van der Waals surface area (Å²) in [5, 5.41) is 8.25. The molecule has 0 aliphatic carbocycles. The predicted octanol–water partition coefficient (Wildman–Crippen LogP) is 1.81. The highest BCUT2D eigenvalue weighted by Gasteiger charge is 2.35. The molecule has 2 bridgehead atoms. The van der Waals surface area contributed by atoms with Gasteiger partial charge < -0.3 is 4.84 Å². The van der Waals surface area contributed by atoms with Gasteiger partial charge in [0.2, 0.25) is 0 Å². The fourth-order valence-electron chi connectivity index (χ4n) is 2.33. The number of oxime groups is 1. The van der Waals surface area contributed by atoms with Gasteiger partial charge in [0.1, 0.15) is 0 Å². The van der Waals surface area contributed by atoms with Gasteiger partial charge >= 0.3 is 0 Å². The SMILES string of the molecule is C(#Cc1ccsc1)CO/N=C1/CN2CCC1C2. The summed E-state index contributed by atoms with van der Waals surface area (Å²) in [4.78, 5) is 7.68. The summed E-state index contributed by atoms with van der Waals surface area (Å²) < 4.78 is 0. The number of nitrogens with zero attached hydrogens (tertiary/aromatic N) is 2. The van der Waals surface area contributed by atoms with E-state index >= 15 is 0 Å². The maximum absolute atomic E-state index is 5.26. The number of thiophene rings is 1. The lowest BCUT2D eigenvalue weighted by molar-refractivity contribution is 0.177. The highest BCUT2D eigenvalue weighted by Crippen LogP contribution is 2.25. The van der Waals surface area contributed by atoms with Gasteiger partial charge in [0.15, 0.2) is 6.61 Å². The van der Waals surface area contributed by atoms with E-state index in [4.69, 9.17) is 4.84 Å². The molecule has 0 amide bonds. The lowest BCUT2D eigenvalue weighted by Gasteiger charge is -2.12. The van der Waals surface area contributed by atoms with Crippen LogP contribution in [0.15, 0.2) is 22.0 Å². The molecule has 3 rings (SSSR count). The molecule has 2 saturated heterocycles. The van der Waals surface area contributed by atoms with Gasteiger partial charge in [-0.3, -0.25) is 4.90 Å². The molecule has 0 radical (unpaired) electrons. The van der Waals surface area contributed by atoms with Crippen molar-refractivity contribution in [1.82, 2.24) is 4.90 Å². The number of fused-ring (bicyclic) bond motifs is 2. The smallest absolute Gasteiger partial charge is 0.177 e. The Hall–Kier alpha value is -1.31. The Labute approximate surface area is 105 Å². The summed E-state index contributed by atoms with van der Waals surface area (Å²) in [7, 11) is 0. The Morgan fingerprint density at radius 1 is 1.59 bits per heavy atom. The molecule has 0 saturated carbocycles. The van der Waals surface area contributed by atoms with Crippen molar-refractivity contribution in [2.24, 2.45) is 11.1 Å². The second kappa shape index (κ2) is 4.91. The first-order valence-corrected chi connectivity index (χ1v) is 6.78. The van der Waals surface area contributed by atoms with Gasteiger partial charge in [0, 0.05) is 30.0 Å². The van der Waals surface area contributed by atoms with Crippen molar-refractivity contribution in [2.45, 2.75) is 6.42 Å². The maximum Gasteiger partial charge on any atom is 0.177 e. The molecule has 0 spiro atoms. The third-order valence-corrected chi connectivity index (χ3v) is 3.88. The molecular formula is C13H14N2OS. The Morgan fingerprint density at radius 2 is 2.59 bits per heavy atom. The molecule has 0 aromatic carbocycles. The lowest BCUT2D eigenvalue weighted by Crippen LogP contribution is -2.23. The van der Waals surface area contributed by atoms with Crippen LogP contribution >= 0.6 is 11.3 Å². The highest BCUT2D eigenvalue weighted by molar-refractivity contribution is 7.08. The average molecular weight is 246 g/mol. The van der Waals surface area contributed by atoms with E-state index in [2.05, 4.69) is 21.9 Å². The van der Waals surface area contributed by atoms with Crippen molar-refractivity contribution in [3.05, 3.63) is 22.4 Å². The van der Waals surface area contributed by atoms with Crippen molar-refractivity contribution in [3.63, 3.8) is 0 Å². The van der Waals surface area contributed by atoms with Gasteiger partial charge in [0.25, 0.3) is 0 Å². The van der Waals surface area contributed by atoms with Gasteiger partial charge in [-0.15, -0.1) is 0 Å². The van der Waals surface area contributed by atoms with Gasteiger partial charge in [0.05, 0.1) is 5.71 Å². The average Bonchev–Trinajstić information content (AvgIpc) is 3.05. The minimum absolute atomic E-state index is 0.381. The minimum atomic E-state index is 0.381. The molecule has 0 N–H and O–H groups in total. The molecule has 2 fully saturated rings. The normalized spacial score (nSPS) is 28.1. The first-order chi connectivity index (χ1) is 8.42. The van der Waals surface area contributed by atoms with Crippen LogP contribution in [-0.2, 0) is 4.84 Å². The predicted molar refractivity (Wildman–Crippen MR) is 69.1 cm³/mol. The van der Waals surface area contributed by atoms with Crippen LogP contribution in [0.3, 0.4) is 0 Å². The zero-order chi connectivity index (χ0) is 11.5. The summed E-state index contributed by atoms with van der Waals surface area (Å²) in [6.45, 7) is 3.76. The van der Waals surface area contributed by atoms with Crippen LogP contribution in [0.1, 0.15) is 12.0 Å². The van der Waals surface area contributed by atoms with Crippen molar-refractivity contribution < 1.29 is 4.84 Å². The van der Waals surface area contributed by atoms with Gasteiger partial charge in [-0.05, 0) is 24.4 Å². The Bertz CT molecular complexity index is 469. The third kappa shape index (κ3) is 2.51. The van der Waals surface area contributed by atoms with Gasteiger partial charge in [-0.2, -0.15) is 11.3 Å². The molecule has 1 aromatic heterocycles. The van der Waals surface area contributed by atoms with Crippen LogP contribution in [0, 0.1) is 17.8 Å². The van der Waals surface area contributed by atoms with Gasteiger partial charge in [-0.1, -0.05) is 17.0 Å². The Balaban J connectivity index is 1.48. The van der Waals surface area contributed by atoms with E-state index in [1.54, 1.807) is 11.3 Å². The Morgan fingerprint density at radius 3 is 3.29 bits per heavy atom. The Kier molecular flexibility index (Phi) is 3.12. The summed E-state index contributed by atoms with van der Waals surface area (Å²) in [5.74, 6) is 6.65. The molecule has 2 atom stereocenters. The van der Waals surface area contributed by atoms with Crippen LogP contribution in [-0.4, -0.2) is 36.9 Å².